The standard InChI is InChI=1S/C31H31N3/c1-22-10-8-9-13-28(22)34-29(25-16-14-24(15-17-25)23-11-6-5-7-12-23)32-33-30(34)26-18-20-27(21-19-26)31(2,3)4/h5-22,28H,1-4H3. The number of allylic oxidation sites excluding steroid dienone is 4. The summed E-state index contributed by atoms with van der Waals surface area (Å²) in [5, 5.41) is 9.40. The summed E-state index contributed by atoms with van der Waals surface area (Å²) >= 11 is 0. The van der Waals surface area contributed by atoms with Gasteiger partial charge in [0.1, 0.15) is 0 Å². The van der Waals surface area contributed by atoms with Crippen LogP contribution in [0.25, 0.3) is 33.9 Å². The molecular weight excluding hydrogens is 414 g/mol. The lowest BCUT2D eigenvalue weighted by Gasteiger charge is -2.25. The van der Waals surface area contributed by atoms with Crippen molar-refractivity contribution in [3.05, 3.63) is 109 Å². The lowest BCUT2D eigenvalue weighted by Crippen LogP contribution is -2.18. The van der Waals surface area contributed by atoms with E-state index in [0.29, 0.717) is 5.92 Å². The van der Waals surface area contributed by atoms with Gasteiger partial charge in [0, 0.05) is 11.1 Å². The van der Waals surface area contributed by atoms with E-state index in [9.17, 15) is 0 Å². The molecule has 0 saturated carbocycles. The molecule has 2 atom stereocenters. The van der Waals surface area contributed by atoms with E-state index in [-0.39, 0.29) is 11.5 Å². The molecule has 0 N–H and O–H groups in total. The molecule has 1 aliphatic rings. The first-order valence-corrected chi connectivity index (χ1v) is 12.0. The van der Waals surface area contributed by atoms with Gasteiger partial charge < -0.3 is 0 Å². The quantitative estimate of drug-likeness (QED) is 0.320. The van der Waals surface area contributed by atoms with Crippen molar-refractivity contribution < 1.29 is 0 Å². The van der Waals surface area contributed by atoms with Crippen LogP contribution in [0, 0.1) is 5.92 Å². The summed E-state index contributed by atoms with van der Waals surface area (Å²) in [6, 6.07) is 28.0. The number of hydrogen-bond acceptors (Lipinski definition) is 2. The second-order valence-corrected chi connectivity index (χ2v) is 10.1. The van der Waals surface area contributed by atoms with Crippen LogP contribution in [-0.4, -0.2) is 14.8 Å². The van der Waals surface area contributed by atoms with Gasteiger partial charge in [-0.05, 0) is 28.0 Å². The maximum Gasteiger partial charge on any atom is 0.164 e. The highest BCUT2D eigenvalue weighted by atomic mass is 15.3. The lowest BCUT2D eigenvalue weighted by molar-refractivity contribution is 0.492. The van der Waals surface area contributed by atoms with Gasteiger partial charge >= 0.3 is 0 Å². The van der Waals surface area contributed by atoms with Crippen molar-refractivity contribution in [2.45, 2.75) is 39.2 Å². The van der Waals surface area contributed by atoms with E-state index >= 15 is 0 Å². The van der Waals surface area contributed by atoms with E-state index < -0.39 is 0 Å². The first-order chi connectivity index (χ1) is 16.4. The molecule has 0 spiro atoms. The van der Waals surface area contributed by atoms with Gasteiger partial charge in [-0.2, -0.15) is 0 Å². The van der Waals surface area contributed by atoms with Crippen LogP contribution in [0.1, 0.15) is 39.3 Å². The second kappa shape index (κ2) is 8.90. The first-order valence-electron chi connectivity index (χ1n) is 12.0. The van der Waals surface area contributed by atoms with Gasteiger partial charge in [-0.15, -0.1) is 10.2 Å². The van der Waals surface area contributed by atoms with Gasteiger partial charge in [0.25, 0.3) is 0 Å². The molecule has 0 radical (unpaired) electrons. The van der Waals surface area contributed by atoms with Crippen LogP contribution in [0.4, 0.5) is 0 Å². The number of hydrogen-bond donors (Lipinski definition) is 0. The van der Waals surface area contributed by atoms with Crippen LogP contribution in [0.15, 0.2) is 103 Å². The van der Waals surface area contributed by atoms with Gasteiger partial charge in [0.05, 0.1) is 6.04 Å². The summed E-state index contributed by atoms with van der Waals surface area (Å²) < 4.78 is 2.30. The maximum absolute atomic E-state index is 4.70. The van der Waals surface area contributed by atoms with Crippen LogP contribution < -0.4 is 0 Å². The predicted octanol–water partition coefficient (Wildman–Crippen LogP) is 7.88. The molecule has 1 aliphatic carbocycles. The summed E-state index contributed by atoms with van der Waals surface area (Å²) in [4.78, 5) is 0. The first kappa shape index (κ1) is 22.1. The fourth-order valence-corrected chi connectivity index (χ4v) is 4.56. The van der Waals surface area contributed by atoms with Crippen molar-refractivity contribution in [1.29, 1.82) is 0 Å². The molecule has 0 aliphatic heterocycles. The third-order valence-electron chi connectivity index (χ3n) is 6.63. The van der Waals surface area contributed by atoms with Crippen LogP contribution >= 0.6 is 0 Å². The Labute approximate surface area is 202 Å². The Bertz CT molecular complexity index is 1320. The highest BCUT2D eigenvalue weighted by Gasteiger charge is 2.25. The van der Waals surface area contributed by atoms with Crippen LogP contribution in [0.5, 0.6) is 0 Å². The Morgan fingerprint density at radius 2 is 1.12 bits per heavy atom. The summed E-state index contributed by atoms with van der Waals surface area (Å²) in [5.41, 5.74) is 5.99. The normalized spacial score (nSPS) is 17.8. The molecular formula is C31H31N3. The van der Waals surface area contributed by atoms with Crippen molar-refractivity contribution in [2.24, 2.45) is 5.92 Å². The Morgan fingerprint density at radius 1 is 0.618 bits per heavy atom. The topological polar surface area (TPSA) is 30.7 Å². The number of benzene rings is 3. The molecule has 3 heteroatoms. The van der Waals surface area contributed by atoms with Crippen molar-refractivity contribution in [1.82, 2.24) is 14.8 Å². The largest absolute Gasteiger partial charge is 0.299 e. The predicted molar refractivity (Wildman–Crippen MR) is 142 cm³/mol. The summed E-state index contributed by atoms with van der Waals surface area (Å²) in [6.45, 7) is 8.97. The Balaban J connectivity index is 1.59. The molecule has 1 aromatic heterocycles. The molecule has 0 bridgehead atoms. The molecule has 1 heterocycles. The number of rotatable bonds is 4. The van der Waals surface area contributed by atoms with E-state index in [1.165, 1.54) is 16.7 Å². The van der Waals surface area contributed by atoms with Gasteiger partial charge in [0.15, 0.2) is 11.6 Å². The van der Waals surface area contributed by atoms with Crippen LogP contribution in [-0.2, 0) is 5.41 Å². The van der Waals surface area contributed by atoms with Crippen LogP contribution in [0.2, 0.25) is 0 Å². The van der Waals surface area contributed by atoms with Crippen molar-refractivity contribution in [3.63, 3.8) is 0 Å². The van der Waals surface area contributed by atoms with E-state index in [0.717, 1.165) is 22.8 Å². The smallest absolute Gasteiger partial charge is 0.164 e. The molecule has 4 aromatic rings. The van der Waals surface area contributed by atoms with E-state index in [1.54, 1.807) is 0 Å². The van der Waals surface area contributed by atoms with Crippen LogP contribution in [0.3, 0.4) is 0 Å². The second-order valence-electron chi connectivity index (χ2n) is 10.1. The zero-order chi connectivity index (χ0) is 23.7. The SMILES string of the molecule is CC1C=CC=CC1n1c(-c2ccc(-c3ccccc3)cc2)nnc1-c1ccc(C(C)(C)C)cc1. The van der Waals surface area contributed by atoms with E-state index in [4.69, 9.17) is 10.2 Å². The minimum absolute atomic E-state index is 0.114. The Hall–Kier alpha value is -3.72. The monoisotopic (exact) mass is 445 g/mol. The fourth-order valence-electron chi connectivity index (χ4n) is 4.56. The minimum atomic E-state index is 0.114. The van der Waals surface area contributed by atoms with Gasteiger partial charge in [-0.3, -0.25) is 4.57 Å². The zero-order valence-corrected chi connectivity index (χ0v) is 20.3. The third-order valence-corrected chi connectivity index (χ3v) is 6.63. The molecule has 2 unspecified atom stereocenters. The van der Waals surface area contributed by atoms with Gasteiger partial charge in [0.2, 0.25) is 0 Å². The molecule has 34 heavy (non-hydrogen) atoms. The van der Waals surface area contributed by atoms with E-state index in [2.05, 4.69) is 129 Å². The number of nitrogens with zero attached hydrogens (tertiary/aromatic N) is 3. The zero-order valence-electron chi connectivity index (χ0n) is 20.3. The fraction of sp³-hybridized carbons (Fsp3) is 0.226. The highest BCUT2D eigenvalue weighted by molar-refractivity contribution is 5.69. The molecule has 0 saturated heterocycles. The maximum atomic E-state index is 4.70. The molecule has 5 rings (SSSR count). The summed E-state index contributed by atoms with van der Waals surface area (Å²) in [5.74, 6) is 2.14. The van der Waals surface area contributed by atoms with E-state index in [1.807, 2.05) is 6.07 Å². The Morgan fingerprint density at radius 3 is 1.68 bits per heavy atom. The average Bonchev–Trinajstić information content (AvgIpc) is 3.29. The molecule has 3 nitrogen and oxygen atoms in total. The summed E-state index contributed by atoms with van der Waals surface area (Å²) in [7, 11) is 0. The highest BCUT2D eigenvalue weighted by Crippen LogP contribution is 2.35. The molecule has 0 fully saturated rings. The average molecular weight is 446 g/mol. The molecule has 0 amide bonds. The molecule has 170 valence electrons. The van der Waals surface area contributed by atoms with Gasteiger partial charge in [-0.25, -0.2) is 0 Å². The lowest BCUT2D eigenvalue weighted by atomic mass is 9.86. The Kier molecular flexibility index (Phi) is 5.79. The van der Waals surface area contributed by atoms with Gasteiger partial charge in [-0.1, -0.05) is 131 Å². The van der Waals surface area contributed by atoms with Crippen molar-refractivity contribution in [2.75, 3.05) is 0 Å². The third kappa shape index (κ3) is 4.26. The number of aromatic nitrogens is 3. The van der Waals surface area contributed by atoms with Crippen molar-refractivity contribution >= 4 is 0 Å². The van der Waals surface area contributed by atoms with Crippen molar-refractivity contribution in [3.8, 4) is 33.9 Å². The minimum Gasteiger partial charge on any atom is -0.299 e. The summed E-state index contributed by atoms with van der Waals surface area (Å²) in [6.07, 6.45) is 8.75. The molecule has 3 aromatic carbocycles.